The molecule has 0 saturated heterocycles. The Morgan fingerprint density at radius 3 is 2.31 bits per heavy atom. The normalized spacial score (nSPS) is 11.3. The summed E-state index contributed by atoms with van der Waals surface area (Å²) in [6.45, 7) is 5.06. The van der Waals surface area contributed by atoms with Gasteiger partial charge in [-0.25, -0.2) is 8.78 Å². The highest BCUT2D eigenvalue weighted by molar-refractivity contribution is 5.95. The van der Waals surface area contributed by atoms with Gasteiger partial charge in [0.2, 0.25) is 5.91 Å². The van der Waals surface area contributed by atoms with Crippen LogP contribution < -0.4 is 11.1 Å². The van der Waals surface area contributed by atoms with E-state index in [4.69, 9.17) is 5.73 Å². The van der Waals surface area contributed by atoms with Gasteiger partial charge in [0.25, 0.3) is 0 Å². The van der Waals surface area contributed by atoms with E-state index >= 15 is 0 Å². The Morgan fingerprint density at radius 1 is 1.25 bits per heavy atom. The van der Waals surface area contributed by atoms with E-state index in [0.29, 0.717) is 6.07 Å². The molecule has 0 aromatic heterocycles. The van der Waals surface area contributed by atoms with Crippen LogP contribution in [0, 0.1) is 17.0 Å². The van der Waals surface area contributed by atoms with E-state index in [1.807, 2.05) is 0 Å². The van der Waals surface area contributed by atoms with Gasteiger partial charge < -0.3 is 11.1 Å². The van der Waals surface area contributed by atoms with Gasteiger partial charge in [0, 0.05) is 11.5 Å². The SMILES string of the molecule is CC(C)(C)C(=O)Nc1cc(N)c(F)cc1F. The number of anilines is 2. The number of nitrogens with one attached hydrogen (secondary N) is 1. The first kappa shape index (κ1) is 12.4. The largest absolute Gasteiger partial charge is 0.396 e. The molecule has 1 rings (SSSR count). The van der Waals surface area contributed by atoms with E-state index in [0.717, 1.165) is 6.07 Å². The third kappa shape index (κ3) is 2.68. The number of benzene rings is 1. The molecule has 0 saturated carbocycles. The summed E-state index contributed by atoms with van der Waals surface area (Å²) in [6.07, 6.45) is 0. The van der Waals surface area contributed by atoms with Gasteiger partial charge in [0.15, 0.2) is 0 Å². The van der Waals surface area contributed by atoms with Crippen LogP contribution in [0.2, 0.25) is 0 Å². The Morgan fingerprint density at radius 2 is 1.81 bits per heavy atom. The fraction of sp³-hybridized carbons (Fsp3) is 0.364. The third-order valence-corrected chi connectivity index (χ3v) is 2.02. The van der Waals surface area contributed by atoms with E-state index in [2.05, 4.69) is 5.32 Å². The van der Waals surface area contributed by atoms with Gasteiger partial charge in [-0.15, -0.1) is 0 Å². The Hall–Kier alpha value is -1.65. The molecule has 5 heteroatoms. The number of carbonyl (C=O) groups is 1. The van der Waals surface area contributed by atoms with Crippen LogP contribution in [0.3, 0.4) is 0 Å². The number of hydrogen-bond acceptors (Lipinski definition) is 2. The zero-order valence-electron chi connectivity index (χ0n) is 9.40. The molecule has 0 unspecified atom stereocenters. The standard InChI is InChI=1S/C11H14F2N2O/c1-11(2,3)10(16)15-9-5-8(14)6(12)4-7(9)13/h4-5H,14H2,1-3H3,(H,15,16). The van der Waals surface area contributed by atoms with Gasteiger partial charge in [-0.1, -0.05) is 20.8 Å². The Bertz CT molecular complexity index is 425. The first-order valence-electron chi connectivity index (χ1n) is 4.78. The number of hydrogen-bond donors (Lipinski definition) is 2. The van der Waals surface area contributed by atoms with Crippen LogP contribution in [0.5, 0.6) is 0 Å². The number of amides is 1. The monoisotopic (exact) mass is 228 g/mol. The Balaban J connectivity index is 2.99. The Kier molecular flexibility index (Phi) is 3.16. The van der Waals surface area contributed by atoms with Crippen LogP contribution in [0.1, 0.15) is 20.8 Å². The molecule has 0 bridgehead atoms. The molecule has 0 aliphatic rings. The molecule has 88 valence electrons. The van der Waals surface area contributed by atoms with Crippen LogP contribution in [0.15, 0.2) is 12.1 Å². The second-order valence-corrected chi connectivity index (χ2v) is 4.56. The van der Waals surface area contributed by atoms with E-state index in [1.165, 1.54) is 0 Å². The molecule has 0 aliphatic heterocycles. The van der Waals surface area contributed by atoms with Crippen molar-refractivity contribution >= 4 is 17.3 Å². The summed E-state index contributed by atoms with van der Waals surface area (Å²) in [7, 11) is 0. The molecular formula is C11H14F2N2O. The summed E-state index contributed by atoms with van der Waals surface area (Å²) < 4.78 is 26.1. The molecule has 16 heavy (non-hydrogen) atoms. The van der Waals surface area contributed by atoms with Crippen molar-refractivity contribution in [2.75, 3.05) is 11.1 Å². The van der Waals surface area contributed by atoms with Crippen molar-refractivity contribution in [1.29, 1.82) is 0 Å². The maximum Gasteiger partial charge on any atom is 0.229 e. The van der Waals surface area contributed by atoms with Gasteiger partial charge in [0.05, 0.1) is 11.4 Å². The second-order valence-electron chi connectivity index (χ2n) is 4.56. The third-order valence-electron chi connectivity index (χ3n) is 2.02. The minimum atomic E-state index is -0.843. The van der Waals surface area contributed by atoms with Crippen molar-refractivity contribution in [2.45, 2.75) is 20.8 Å². The summed E-state index contributed by atoms with van der Waals surface area (Å²) in [5.74, 6) is -2.05. The number of halogens is 2. The fourth-order valence-electron chi connectivity index (χ4n) is 0.971. The maximum absolute atomic E-state index is 13.3. The van der Waals surface area contributed by atoms with Gasteiger partial charge >= 0.3 is 0 Å². The van der Waals surface area contributed by atoms with E-state index < -0.39 is 17.0 Å². The molecule has 0 aliphatic carbocycles. The highest BCUT2D eigenvalue weighted by atomic mass is 19.1. The second kappa shape index (κ2) is 4.08. The summed E-state index contributed by atoms with van der Waals surface area (Å²) in [6, 6.07) is 1.71. The van der Waals surface area contributed by atoms with E-state index in [9.17, 15) is 13.6 Å². The van der Waals surface area contributed by atoms with Crippen LogP contribution in [-0.4, -0.2) is 5.91 Å². The smallest absolute Gasteiger partial charge is 0.229 e. The molecule has 0 radical (unpaired) electrons. The van der Waals surface area contributed by atoms with Gasteiger partial charge in [-0.2, -0.15) is 0 Å². The van der Waals surface area contributed by atoms with Gasteiger partial charge in [-0.05, 0) is 6.07 Å². The van der Waals surface area contributed by atoms with Gasteiger partial charge in [0.1, 0.15) is 11.6 Å². The van der Waals surface area contributed by atoms with Crippen molar-refractivity contribution in [3.05, 3.63) is 23.8 Å². The molecule has 0 heterocycles. The summed E-state index contributed by atoms with van der Waals surface area (Å²) in [5.41, 5.74) is 4.31. The molecule has 3 N–H and O–H groups in total. The molecule has 0 spiro atoms. The zero-order chi connectivity index (χ0) is 12.5. The highest BCUT2D eigenvalue weighted by Crippen LogP contribution is 2.23. The predicted octanol–water partition coefficient (Wildman–Crippen LogP) is 2.53. The van der Waals surface area contributed by atoms with Crippen molar-refractivity contribution in [1.82, 2.24) is 0 Å². The average molecular weight is 228 g/mol. The molecule has 3 nitrogen and oxygen atoms in total. The minimum absolute atomic E-state index is 0.112. The highest BCUT2D eigenvalue weighted by Gasteiger charge is 2.22. The number of nitrogens with two attached hydrogens (primary N) is 1. The van der Waals surface area contributed by atoms with Crippen molar-refractivity contribution in [3.8, 4) is 0 Å². The lowest BCUT2D eigenvalue weighted by molar-refractivity contribution is -0.123. The maximum atomic E-state index is 13.3. The van der Waals surface area contributed by atoms with E-state index in [-0.39, 0.29) is 17.3 Å². The summed E-state index contributed by atoms with van der Waals surface area (Å²) in [4.78, 5) is 11.6. The molecule has 0 fully saturated rings. The van der Waals surface area contributed by atoms with Crippen LogP contribution in [0.4, 0.5) is 20.2 Å². The summed E-state index contributed by atoms with van der Waals surface area (Å²) in [5, 5.41) is 2.36. The van der Waals surface area contributed by atoms with E-state index in [1.54, 1.807) is 20.8 Å². The first-order valence-corrected chi connectivity index (χ1v) is 4.78. The lowest BCUT2D eigenvalue weighted by atomic mass is 9.95. The first-order chi connectivity index (χ1) is 7.21. The van der Waals surface area contributed by atoms with Gasteiger partial charge in [-0.3, -0.25) is 4.79 Å². The summed E-state index contributed by atoms with van der Waals surface area (Å²) >= 11 is 0. The van der Waals surface area contributed by atoms with Crippen LogP contribution >= 0.6 is 0 Å². The van der Waals surface area contributed by atoms with Crippen molar-refractivity contribution in [3.63, 3.8) is 0 Å². The fourth-order valence-corrected chi connectivity index (χ4v) is 0.971. The molecule has 1 amide bonds. The zero-order valence-corrected chi connectivity index (χ0v) is 9.40. The molecule has 1 aromatic rings. The lowest BCUT2D eigenvalue weighted by Gasteiger charge is -2.18. The molecule has 0 atom stereocenters. The minimum Gasteiger partial charge on any atom is -0.396 e. The Labute approximate surface area is 92.6 Å². The number of rotatable bonds is 1. The topological polar surface area (TPSA) is 55.1 Å². The van der Waals surface area contributed by atoms with Crippen LogP contribution in [0.25, 0.3) is 0 Å². The number of carbonyl (C=O) groups excluding carboxylic acids is 1. The van der Waals surface area contributed by atoms with Crippen LogP contribution in [-0.2, 0) is 4.79 Å². The van der Waals surface area contributed by atoms with Crippen molar-refractivity contribution in [2.24, 2.45) is 5.41 Å². The predicted molar refractivity (Wildman–Crippen MR) is 58.9 cm³/mol. The molecule has 1 aromatic carbocycles. The lowest BCUT2D eigenvalue weighted by Crippen LogP contribution is -2.28. The number of nitrogen functional groups attached to an aromatic ring is 1. The molecular weight excluding hydrogens is 214 g/mol. The van der Waals surface area contributed by atoms with Crippen molar-refractivity contribution < 1.29 is 13.6 Å². The quantitative estimate of drug-likeness (QED) is 0.726. The average Bonchev–Trinajstić information content (AvgIpc) is 2.12.